The van der Waals surface area contributed by atoms with E-state index < -0.39 is 0 Å². The average Bonchev–Trinajstić information content (AvgIpc) is 2.45. The molecule has 1 atom stereocenters. The van der Waals surface area contributed by atoms with Gasteiger partial charge in [0.25, 0.3) is 0 Å². The molecule has 0 spiro atoms. The van der Waals surface area contributed by atoms with Gasteiger partial charge in [-0.25, -0.2) is 0 Å². The van der Waals surface area contributed by atoms with Crippen molar-refractivity contribution < 1.29 is 0 Å². The Kier molecular flexibility index (Phi) is 5.87. The number of likely N-dealkylation sites (N-methyl/N-ethyl adjacent to an activating group) is 1. The van der Waals surface area contributed by atoms with Crippen LogP contribution in [0.15, 0.2) is 30.3 Å². The third-order valence-electron chi connectivity index (χ3n) is 4.20. The number of rotatable bonds is 6. The highest BCUT2D eigenvalue weighted by Crippen LogP contribution is 2.34. The summed E-state index contributed by atoms with van der Waals surface area (Å²) in [5, 5.41) is 3.80. The lowest BCUT2D eigenvalue weighted by molar-refractivity contribution is 0.263. The second kappa shape index (κ2) is 7.66. The second-order valence-electron chi connectivity index (χ2n) is 6.04. The third-order valence-corrected chi connectivity index (χ3v) is 4.20. The Morgan fingerprint density at radius 3 is 2.42 bits per heavy atom. The van der Waals surface area contributed by atoms with Crippen molar-refractivity contribution in [2.75, 3.05) is 27.2 Å². The Bertz CT molecular complexity index is 342. The Hall–Kier alpha value is -0.860. The normalized spacial score (nSPS) is 18.7. The van der Waals surface area contributed by atoms with E-state index in [0.717, 1.165) is 19.0 Å². The zero-order chi connectivity index (χ0) is 13.5. The third kappa shape index (κ3) is 4.63. The Balaban J connectivity index is 2.00. The molecular formula is C17H28N2. The van der Waals surface area contributed by atoms with Crippen molar-refractivity contribution in [2.45, 2.75) is 38.1 Å². The first-order valence-corrected chi connectivity index (χ1v) is 7.70. The number of nitrogens with zero attached hydrogens (tertiary/aromatic N) is 1. The highest BCUT2D eigenvalue weighted by Gasteiger charge is 2.24. The molecule has 0 saturated heterocycles. The van der Waals surface area contributed by atoms with Crippen LogP contribution in [0.5, 0.6) is 0 Å². The Morgan fingerprint density at radius 1 is 1.11 bits per heavy atom. The average molecular weight is 260 g/mol. The summed E-state index contributed by atoms with van der Waals surface area (Å²) in [6.07, 6.45) is 7.01. The van der Waals surface area contributed by atoms with Crippen LogP contribution in [-0.4, -0.2) is 32.1 Å². The van der Waals surface area contributed by atoms with Crippen molar-refractivity contribution in [1.29, 1.82) is 0 Å². The van der Waals surface area contributed by atoms with Gasteiger partial charge in [-0.2, -0.15) is 0 Å². The molecule has 0 amide bonds. The highest BCUT2D eigenvalue weighted by atomic mass is 15.1. The predicted octanol–water partition coefficient (Wildman–Crippen LogP) is 3.46. The van der Waals surface area contributed by atoms with Crippen molar-refractivity contribution in [1.82, 2.24) is 10.2 Å². The molecule has 1 N–H and O–H groups in total. The lowest BCUT2D eigenvalue weighted by Gasteiger charge is -2.32. The minimum absolute atomic E-state index is 0.543. The van der Waals surface area contributed by atoms with Gasteiger partial charge < -0.3 is 10.2 Å². The van der Waals surface area contributed by atoms with Crippen molar-refractivity contribution in [2.24, 2.45) is 5.92 Å². The van der Waals surface area contributed by atoms with E-state index in [1.807, 2.05) is 0 Å². The van der Waals surface area contributed by atoms with Gasteiger partial charge in [-0.1, -0.05) is 49.6 Å². The quantitative estimate of drug-likeness (QED) is 0.842. The zero-order valence-electron chi connectivity index (χ0n) is 12.4. The van der Waals surface area contributed by atoms with Crippen LogP contribution in [0.1, 0.15) is 43.7 Å². The number of hydrogen-bond donors (Lipinski definition) is 1. The maximum atomic E-state index is 3.80. The van der Waals surface area contributed by atoms with E-state index in [9.17, 15) is 0 Å². The number of benzene rings is 1. The topological polar surface area (TPSA) is 15.3 Å². The number of hydrogen-bond acceptors (Lipinski definition) is 2. The molecule has 1 aliphatic rings. The van der Waals surface area contributed by atoms with E-state index in [-0.39, 0.29) is 0 Å². The first kappa shape index (κ1) is 14.5. The van der Waals surface area contributed by atoms with Crippen LogP contribution < -0.4 is 5.32 Å². The van der Waals surface area contributed by atoms with Gasteiger partial charge in [0.05, 0.1) is 0 Å². The summed E-state index contributed by atoms with van der Waals surface area (Å²) in [4.78, 5) is 2.25. The first-order chi connectivity index (χ1) is 9.27. The van der Waals surface area contributed by atoms with E-state index in [2.05, 4.69) is 54.6 Å². The van der Waals surface area contributed by atoms with Crippen LogP contribution in [0.3, 0.4) is 0 Å². The summed E-state index contributed by atoms with van der Waals surface area (Å²) in [5.41, 5.74) is 1.47. The Labute approximate surface area is 118 Å². The van der Waals surface area contributed by atoms with Gasteiger partial charge in [0, 0.05) is 19.1 Å². The molecule has 1 aromatic rings. The van der Waals surface area contributed by atoms with Crippen LogP contribution in [0.2, 0.25) is 0 Å². The summed E-state index contributed by atoms with van der Waals surface area (Å²) in [6, 6.07) is 11.5. The van der Waals surface area contributed by atoms with Crippen molar-refractivity contribution in [3.63, 3.8) is 0 Å². The van der Waals surface area contributed by atoms with E-state index >= 15 is 0 Å². The zero-order valence-corrected chi connectivity index (χ0v) is 12.4. The van der Waals surface area contributed by atoms with Crippen molar-refractivity contribution >= 4 is 0 Å². The van der Waals surface area contributed by atoms with E-state index in [1.54, 1.807) is 0 Å². The molecule has 1 unspecified atom stereocenters. The lowest BCUT2D eigenvalue weighted by atomic mass is 9.81. The SMILES string of the molecule is CN(C)CCNC(c1ccccc1)C1CCCCC1. The standard InChI is InChI=1S/C17H28N2/c1-19(2)14-13-18-17(15-9-5-3-6-10-15)16-11-7-4-8-12-16/h3,5-6,9-10,16-18H,4,7-8,11-14H2,1-2H3. The van der Waals surface area contributed by atoms with Gasteiger partial charge in [0.15, 0.2) is 0 Å². The van der Waals surface area contributed by atoms with Crippen molar-refractivity contribution in [3.8, 4) is 0 Å². The van der Waals surface area contributed by atoms with Crippen LogP contribution in [-0.2, 0) is 0 Å². The van der Waals surface area contributed by atoms with Gasteiger partial charge >= 0.3 is 0 Å². The molecule has 0 heterocycles. The van der Waals surface area contributed by atoms with Gasteiger partial charge in [-0.15, -0.1) is 0 Å². The predicted molar refractivity (Wildman–Crippen MR) is 82.3 cm³/mol. The fourth-order valence-electron chi connectivity index (χ4n) is 3.13. The smallest absolute Gasteiger partial charge is 0.0349 e. The molecule has 1 aliphatic carbocycles. The fourth-order valence-corrected chi connectivity index (χ4v) is 3.13. The molecule has 0 bridgehead atoms. The summed E-state index contributed by atoms with van der Waals surface area (Å²) >= 11 is 0. The second-order valence-corrected chi connectivity index (χ2v) is 6.04. The molecule has 2 rings (SSSR count). The molecular weight excluding hydrogens is 232 g/mol. The molecule has 106 valence electrons. The monoisotopic (exact) mass is 260 g/mol. The summed E-state index contributed by atoms with van der Waals surface area (Å²) in [5.74, 6) is 0.818. The molecule has 2 heteroatoms. The molecule has 1 aromatic carbocycles. The molecule has 19 heavy (non-hydrogen) atoms. The van der Waals surface area contributed by atoms with Gasteiger partial charge in [-0.3, -0.25) is 0 Å². The summed E-state index contributed by atoms with van der Waals surface area (Å²) < 4.78 is 0. The van der Waals surface area contributed by atoms with E-state index in [0.29, 0.717) is 6.04 Å². The maximum Gasteiger partial charge on any atom is 0.0349 e. The molecule has 0 aromatic heterocycles. The summed E-state index contributed by atoms with van der Waals surface area (Å²) in [7, 11) is 4.28. The molecule has 2 nitrogen and oxygen atoms in total. The van der Waals surface area contributed by atoms with Gasteiger partial charge in [-0.05, 0) is 38.4 Å². The van der Waals surface area contributed by atoms with Crippen LogP contribution in [0.4, 0.5) is 0 Å². The first-order valence-electron chi connectivity index (χ1n) is 7.70. The minimum Gasteiger partial charge on any atom is -0.308 e. The van der Waals surface area contributed by atoms with E-state index in [4.69, 9.17) is 0 Å². The van der Waals surface area contributed by atoms with Crippen LogP contribution in [0.25, 0.3) is 0 Å². The lowest BCUT2D eigenvalue weighted by Crippen LogP contribution is -2.34. The minimum atomic E-state index is 0.543. The molecule has 1 fully saturated rings. The molecule has 1 saturated carbocycles. The van der Waals surface area contributed by atoms with E-state index in [1.165, 1.54) is 37.7 Å². The van der Waals surface area contributed by atoms with Gasteiger partial charge in [0.2, 0.25) is 0 Å². The van der Waals surface area contributed by atoms with Gasteiger partial charge in [0.1, 0.15) is 0 Å². The molecule has 0 aliphatic heterocycles. The fraction of sp³-hybridized carbons (Fsp3) is 0.647. The molecule has 0 radical (unpaired) electrons. The van der Waals surface area contributed by atoms with Crippen LogP contribution in [0, 0.1) is 5.92 Å². The Morgan fingerprint density at radius 2 is 1.79 bits per heavy atom. The largest absolute Gasteiger partial charge is 0.308 e. The van der Waals surface area contributed by atoms with Crippen LogP contribution >= 0.6 is 0 Å². The van der Waals surface area contributed by atoms with Crippen molar-refractivity contribution in [3.05, 3.63) is 35.9 Å². The number of nitrogens with one attached hydrogen (secondary N) is 1. The maximum absolute atomic E-state index is 3.80. The summed E-state index contributed by atoms with van der Waals surface area (Å²) in [6.45, 7) is 2.18. The highest BCUT2D eigenvalue weighted by molar-refractivity contribution is 5.19.